The Morgan fingerprint density at radius 2 is 2.00 bits per heavy atom. The molecule has 0 aliphatic heterocycles. The molecule has 0 saturated carbocycles. The van der Waals surface area contributed by atoms with E-state index in [4.69, 9.17) is 16.3 Å². The average Bonchev–Trinajstić information content (AvgIpc) is 2.49. The highest BCUT2D eigenvalue weighted by atomic mass is 35.5. The zero-order valence-electron chi connectivity index (χ0n) is 11.5. The summed E-state index contributed by atoms with van der Waals surface area (Å²) in [6.07, 6.45) is -0.119. The molecule has 0 fully saturated rings. The largest absolute Gasteiger partial charge is 0.481 e. The summed E-state index contributed by atoms with van der Waals surface area (Å²) in [6, 6.07) is 13.1. The maximum absolute atomic E-state index is 13.1. The van der Waals surface area contributed by atoms with Crippen molar-refractivity contribution in [2.24, 2.45) is 0 Å². The lowest BCUT2D eigenvalue weighted by atomic mass is 10.2. The lowest BCUT2D eigenvalue weighted by Crippen LogP contribution is -2.32. The van der Waals surface area contributed by atoms with Crippen LogP contribution in [0.25, 0.3) is 0 Å². The number of carbonyl (C=O) groups excluding carboxylic acids is 1. The molecule has 1 atom stereocenters. The lowest BCUT2D eigenvalue weighted by Gasteiger charge is -2.17. The summed E-state index contributed by atoms with van der Waals surface area (Å²) >= 11 is 5.68. The van der Waals surface area contributed by atoms with Crippen LogP contribution < -0.4 is 10.1 Å². The lowest BCUT2D eigenvalue weighted by molar-refractivity contribution is -0.122. The van der Waals surface area contributed by atoms with Gasteiger partial charge in [-0.3, -0.25) is 4.79 Å². The normalized spacial score (nSPS) is 11.8. The summed E-state index contributed by atoms with van der Waals surface area (Å²) < 4.78 is 18.7. The third-order valence-corrected chi connectivity index (χ3v) is 3.16. The predicted molar refractivity (Wildman–Crippen MR) is 81.2 cm³/mol. The molecule has 21 heavy (non-hydrogen) atoms. The quantitative estimate of drug-likeness (QED) is 0.895. The number of hydrogen-bond donors (Lipinski definition) is 1. The van der Waals surface area contributed by atoms with E-state index in [1.54, 1.807) is 12.1 Å². The van der Waals surface area contributed by atoms with Gasteiger partial charge in [0, 0.05) is 5.69 Å². The van der Waals surface area contributed by atoms with Crippen molar-refractivity contribution in [3.8, 4) is 5.75 Å². The van der Waals surface area contributed by atoms with Crippen molar-refractivity contribution in [3.05, 3.63) is 59.4 Å². The first-order chi connectivity index (χ1) is 10.1. The van der Waals surface area contributed by atoms with Gasteiger partial charge in [-0.05, 0) is 36.8 Å². The topological polar surface area (TPSA) is 38.3 Å². The van der Waals surface area contributed by atoms with Crippen molar-refractivity contribution in [3.63, 3.8) is 0 Å². The molecule has 0 bridgehead atoms. The predicted octanol–water partition coefficient (Wildman–Crippen LogP) is 4.28. The Morgan fingerprint density at radius 1 is 1.29 bits per heavy atom. The van der Waals surface area contributed by atoms with Crippen LogP contribution in [0.4, 0.5) is 10.1 Å². The Kier molecular flexibility index (Phi) is 5.17. The number of para-hydroxylation sites is 1. The van der Waals surface area contributed by atoms with Crippen LogP contribution in [0.1, 0.15) is 13.3 Å². The third kappa shape index (κ3) is 4.20. The maximum Gasteiger partial charge on any atom is 0.265 e. The zero-order chi connectivity index (χ0) is 15.2. The molecule has 0 spiro atoms. The third-order valence-electron chi connectivity index (χ3n) is 2.87. The van der Waals surface area contributed by atoms with Crippen molar-refractivity contribution < 1.29 is 13.9 Å². The van der Waals surface area contributed by atoms with Crippen molar-refractivity contribution in [1.29, 1.82) is 0 Å². The maximum atomic E-state index is 13.1. The fourth-order valence-corrected chi connectivity index (χ4v) is 1.96. The minimum atomic E-state index is -0.628. The van der Waals surface area contributed by atoms with Gasteiger partial charge >= 0.3 is 0 Å². The molecule has 0 aliphatic rings. The molecule has 0 saturated heterocycles. The van der Waals surface area contributed by atoms with E-state index < -0.39 is 11.9 Å². The van der Waals surface area contributed by atoms with Gasteiger partial charge in [0.05, 0.1) is 5.02 Å². The van der Waals surface area contributed by atoms with Gasteiger partial charge in [-0.15, -0.1) is 0 Å². The van der Waals surface area contributed by atoms with Gasteiger partial charge in [-0.2, -0.15) is 0 Å². The van der Waals surface area contributed by atoms with E-state index in [1.165, 1.54) is 18.2 Å². The molecule has 0 aromatic heterocycles. The smallest absolute Gasteiger partial charge is 0.265 e. The standard InChI is InChI=1S/C16H15ClFNO2/c1-2-15(21-12-6-4-3-5-7-12)16(20)19-11-8-9-14(18)13(17)10-11/h3-10,15H,2H2,1H3,(H,19,20)/t15-/m1/s1. The van der Waals surface area contributed by atoms with Crippen molar-refractivity contribution in [2.45, 2.75) is 19.4 Å². The van der Waals surface area contributed by atoms with Crippen LogP contribution in [0.2, 0.25) is 5.02 Å². The summed E-state index contributed by atoms with van der Waals surface area (Å²) in [5.41, 5.74) is 0.432. The van der Waals surface area contributed by atoms with Crippen LogP contribution in [-0.4, -0.2) is 12.0 Å². The number of benzene rings is 2. The molecular formula is C16H15ClFNO2. The van der Waals surface area contributed by atoms with E-state index in [0.29, 0.717) is 17.9 Å². The van der Waals surface area contributed by atoms with Crippen LogP contribution in [0.15, 0.2) is 48.5 Å². The Balaban J connectivity index is 2.04. The molecule has 0 unspecified atom stereocenters. The highest BCUT2D eigenvalue weighted by Gasteiger charge is 2.18. The van der Waals surface area contributed by atoms with Crippen LogP contribution >= 0.6 is 11.6 Å². The first-order valence-corrected chi connectivity index (χ1v) is 6.95. The SMILES string of the molecule is CC[C@@H](Oc1ccccc1)C(=O)Nc1ccc(F)c(Cl)c1. The fraction of sp³-hybridized carbons (Fsp3) is 0.188. The van der Waals surface area contributed by atoms with Crippen molar-refractivity contribution >= 4 is 23.2 Å². The molecule has 110 valence electrons. The van der Waals surface area contributed by atoms with E-state index in [-0.39, 0.29) is 10.9 Å². The molecule has 0 radical (unpaired) electrons. The number of ether oxygens (including phenoxy) is 1. The molecule has 0 aliphatic carbocycles. The van der Waals surface area contributed by atoms with Gasteiger partial charge in [0.15, 0.2) is 6.10 Å². The second kappa shape index (κ2) is 7.09. The van der Waals surface area contributed by atoms with E-state index in [1.807, 2.05) is 25.1 Å². The molecule has 3 nitrogen and oxygen atoms in total. The molecule has 1 amide bonds. The molecule has 2 aromatic carbocycles. The minimum absolute atomic E-state index is 0.0372. The summed E-state index contributed by atoms with van der Waals surface area (Å²) in [7, 11) is 0. The number of nitrogens with one attached hydrogen (secondary N) is 1. The summed E-state index contributed by atoms with van der Waals surface area (Å²) in [4.78, 5) is 12.2. The van der Waals surface area contributed by atoms with Gasteiger partial charge in [0.25, 0.3) is 5.91 Å². The van der Waals surface area contributed by atoms with Gasteiger partial charge in [-0.25, -0.2) is 4.39 Å². The molecule has 5 heteroatoms. The van der Waals surface area contributed by atoms with Crippen LogP contribution in [0.5, 0.6) is 5.75 Å². The van der Waals surface area contributed by atoms with Crippen LogP contribution in [0.3, 0.4) is 0 Å². The van der Waals surface area contributed by atoms with E-state index in [2.05, 4.69) is 5.32 Å². The van der Waals surface area contributed by atoms with Crippen molar-refractivity contribution in [2.75, 3.05) is 5.32 Å². The van der Waals surface area contributed by atoms with Gasteiger partial charge in [0.1, 0.15) is 11.6 Å². The fourth-order valence-electron chi connectivity index (χ4n) is 1.78. The van der Waals surface area contributed by atoms with Crippen LogP contribution in [0, 0.1) is 5.82 Å². The first-order valence-electron chi connectivity index (χ1n) is 6.57. The van der Waals surface area contributed by atoms with Gasteiger partial charge in [0.2, 0.25) is 0 Å². The second-order valence-electron chi connectivity index (χ2n) is 4.45. The summed E-state index contributed by atoms with van der Waals surface area (Å²) in [5.74, 6) is -0.206. The summed E-state index contributed by atoms with van der Waals surface area (Å²) in [5, 5.41) is 2.63. The number of halogens is 2. The Morgan fingerprint density at radius 3 is 2.62 bits per heavy atom. The molecule has 2 aromatic rings. The van der Waals surface area contributed by atoms with E-state index >= 15 is 0 Å². The van der Waals surface area contributed by atoms with Crippen molar-refractivity contribution in [1.82, 2.24) is 0 Å². The molecule has 0 heterocycles. The molecule has 2 rings (SSSR count). The number of carbonyl (C=O) groups is 1. The highest BCUT2D eigenvalue weighted by Crippen LogP contribution is 2.20. The Hall–Kier alpha value is -2.07. The van der Waals surface area contributed by atoms with E-state index in [9.17, 15) is 9.18 Å². The zero-order valence-corrected chi connectivity index (χ0v) is 12.2. The molecule has 1 N–H and O–H groups in total. The Labute approximate surface area is 127 Å². The molecular weight excluding hydrogens is 293 g/mol. The minimum Gasteiger partial charge on any atom is -0.481 e. The van der Waals surface area contributed by atoms with Gasteiger partial charge < -0.3 is 10.1 Å². The summed E-state index contributed by atoms with van der Waals surface area (Å²) in [6.45, 7) is 1.85. The highest BCUT2D eigenvalue weighted by molar-refractivity contribution is 6.31. The van der Waals surface area contributed by atoms with E-state index in [0.717, 1.165) is 0 Å². The number of rotatable bonds is 5. The van der Waals surface area contributed by atoms with Crippen LogP contribution in [-0.2, 0) is 4.79 Å². The first kappa shape index (κ1) is 15.3. The number of hydrogen-bond acceptors (Lipinski definition) is 2. The second-order valence-corrected chi connectivity index (χ2v) is 4.85. The Bertz CT molecular complexity index is 619. The van der Waals surface area contributed by atoms with Gasteiger partial charge in [-0.1, -0.05) is 36.7 Å². The number of amides is 1. The number of anilines is 1. The average molecular weight is 308 g/mol. The monoisotopic (exact) mass is 307 g/mol.